The number of rotatable bonds is 3. The van der Waals surface area contributed by atoms with Gasteiger partial charge in [0.15, 0.2) is 0 Å². The Balaban J connectivity index is 1.49. The normalized spacial score (nSPS) is 18.0. The number of carbonyl (C=O) groups excluding carboxylic acids is 1. The third-order valence-electron chi connectivity index (χ3n) is 4.78. The molecular weight excluding hydrogens is 328 g/mol. The molecular formula is C20H22N4O2. The Bertz CT molecular complexity index is 921. The number of aryl methyl sites for hydroxylation is 1. The number of H-pyrrole nitrogens is 1. The van der Waals surface area contributed by atoms with Crippen molar-refractivity contribution < 1.29 is 9.53 Å². The van der Waals surface area contributed by atoms with Gasteiger partial charge in [-0.2, -0.15) is 5.10 Å². The van der Waals surface area contributed by atoms with Gasteiger partial charge in [0.25, 0.3) is 5.91 Å². The van der Waals surface area contributed by atoms with Crippen LogP contribution in [0, 0.1) is 12.8 Å². The van der Waals surface area contributed by atoms with Gasteiger partial charge in [0, 0.05) is 36.8 Å². The lowest BCUT2D eigenvalue weighted by molar-refractivity contribution is 0.0737. The number of hydrogen-bond donors (Lipinski definition) is 1. The molecule has 1 saturated heterocycles. The van der Waals surface area contributed by atoms with E-state index in [0.717, 1.165) is 22.9 Å². The summed E-state index contributed by atoms with van der Waals surface area (Å²) in [5, 5.41) is 8.15. The number of aromatic nitrogens is 3. The van der Waals surface area contributed by atoms with Crippen molar-refractivity contribution in [1.82, 2.24) is 20.1 Å². The van der Waals surface area contributed by atoms with Crippen LogP contribution in [0.2, 0.25) is 0 Å². The molecule has 0 radical (unpaired) electrons. The minimum atomic E-state index is 0.0296. The van der Waals surface area contributed by atoms with Crippen LogP contribution in [0.15, 0.2) is 42.9 Å². The first-order chi connectivity index (χ1) is 12.7. The van der Waals surface area contributed by atoms with Crippen molar-refractivity contribution in [3.05, 3.63) is 59.5 Å². The molecule has 4 rings (SSSR count). The number of fused-ring (bicyclic) bond motifs is 1. The number of pyridine rings is 1. The van der Waals surface area contributed by atoms with Crippen LogP contribution in [0.1, 0.15) is 21.5 Å². The average molecular weight is 350 g/mol. The fourth-order valence-electron chi connectivity index (χ4n) is 3.50. The van der Waals surface area contributed by atoms with Gasteiger partial charge >= 0.3 is 0 Å². The molecule has 1 N–H and O–H groups in total. The van der Waals surface area contributed by atoms with Crippen molar-refractivity contribution >= 4 is 16.8 Å². The highest BCUT2D eigenvalue weighted by Crippen LogP contribution is 2.19. The monoisotopic (exact) mass is 350 g/mol. The van der Waals surface area contributed by atoms with Crippen LogP contribution in [0.5, 0.6) is 0 Å². The van der Waals surface area contributed by atoms with Crippen molar-refractivity contribution in [2.75, 3.05) is 26.3 Å². The minimum Gasteiger partial charge on any atom is -0.379 e. The van der Waals surface area contributed by atoms with E-state index in [1.54, 1.807) is 12.4 Å². The number of amides is 1. The van der Waals surface area contributed by atoms with E-state index in [4.69, 9.17) is 4.74 Å². The van der Waals surface area contributed by atoms with Crippen molar-refractivity contribution in [2.24, 2.45) is 5.92 Å². The van der Waals surface area contributed by atoms with Crippen LogP contribution in [0.4, 0.5) is 0 Å². The summed E-state index contributed by atoms with van der Waals surface area (Å²) in [6, 6.07) is 8.21. The van der Waals surface area contributed by atoms with Gasteiger partial charge in [-0.05, 0) is 42.7 Å². The van der Waals surface area contributed by atoms with Gasteiger partial charge in [-0.1, -0.05) is 6.07 Å². The smallest absolute Gasteiger partial charge is 0.255 e. The molecule has 1 aliphatic heterocycles. The molecule has 1 atom stereocenters. The topological polar surface area (TPSA) is 71.1 Å². The number of benzene rings is 1. The summed E-state index contributed by atoms with van der Waals surface area (Å²) in [6.45, 7) is 4.49. The van der Waals surface area contributed by atoms with E-state index in [0.29, 0.717) is 31.9 Å². The highest BCUT2D eigenvalue weighted by molar-refractivity contribution is 5.94. The predicted octanol–water partition coefficient (Wildman–Crippen LogP) is 2.60. The summed E-state index contributed by atoms with van der Waals surface area (Å²) in [5.41, 5.74) is 3.91. The van der Waals surface area contributed by atoms with Crippen LogP contribution < -0.4 is 0 Å². The summed E-state index contributed by atoms with van der Waals surface area (Å²) in [4.78, 5) is 18.9. The van der Waals surface area contributed by atoms with E-state index in [9.17, 15) is 4.79 Å². The highest BCUT2D eigenvalue weighted by atomic mass is 16.5. The Morgan fingerprint density at radius 3 is 3.12 bits per heavy atom. The Morgan fingerprint density at radius 1 is 1.31 bits per heavy atom. The van der Waals surface area contributed by atoms with Crippen LogP contribution in [0.25, 0.3) is 10.9 Å². The molecule has 1 aliphatic rings. The van der Waals surface area contributed by atoms with Crippen molar-refractivity contribution in [3.63, 3.8) is 0 Å². The number of hydrogen-bond acceptors (Lipinski definition) is 4. The molecule has 26 heavy (non-hydrogen) atoms. The van der Waals surface area contributed by atoms with E-state index < -0.39 is 0 Å². The van der Waals surface area contributed by atoms with Gasteiger partial charge in [0.2, 0.25) is 0 Å². The second-order valence-electron chi connectivity index (χ2n) is 6.94. The number of carbonyl (C=O) groups is 1. The van der Waals surface area contributed by atoms with E-state index in [1.165, 1.54) is 5.56 Å². The van der Waals surface area contributed by atoms with Crippen LogP contribution in [-0.2, 0) is 11.2 Å². The van der Waals surface area contributed by atoms with E-state index in [2.05, 4.69) is 33.4 Å². The molecule has 6 nitrogen and oxygen atoms in total. The van der Waals surface area contributed by atoms with Gasteiger partial charge < -0.3 is 9.64 Å². The standard InChI is InChI=1S/C20H22N4O2/c1-14-6-18(10-21-9-14)20(25)24-4-5-26-13-16(12-24)7-15-2-3-19-17(8-15)11-22-23-19/h2-3,6,8-11,16H,4-5,7,12-13H2,1H3,(H,22,23)/t16-/m0/s1. The maximum absolute atomic E-state index is 12.9. The molecule has 6 heteroatoms. The average Bonchev–Trinajstić information content (AvgIpc) is 2.99. The van der Waals surface area contributed by atoms with Crippen molar-refractivity contribution in [2.45, 2.75) is 13.3 Å². The first kappa shape index (κ1) is 16.7. The fourth-order valence-corrected chi connectivity index (χ4v) is 3.50. The molecule has 2 aromatic heterocycles. The lowest BCUT2D eigenvalue weighted by atomic mass is 9.98. The predicted molar refractivity (Wildman–Crippen MR) is 99.0 cm³/mol. The maximum Gasteiger partial charge on any atom is 0.255 e. The third kappa shape index (κ3) is 3.60. The highest BCUT2D eigenvalue weighted by Gasteiger charge is 2.24. The first-order valence-electron chi connectivity index (χ1n) is 8.90. The fraction of sp³-hybridized carbons (Fsp3) is 0.350. The molecule has 1 fully saturated rings. The molecule has 1 aromatic carbocycles. The zero-order valence-corrected chi connectivity index (χ0v) is 14.8. The molecule has 0 saturated carbocycles. The molecule has 0 unspecified atom stereocenters. The number of nitrogens with one attached hydrogen (secondary N) is 1. The lowest BCUT2D eigenvalue weighted by Crippen LogP contribution is -2.36. The lowest BCUT2D eigenvalue weighted by Gasteiger charge is -2.24. The second kappa shape index (κ2) is 7.25. The summed E-state index contributed by atoms with van der Waals surface area (Å²) >= 11 is 0. The molecule has 134 valence electrons. The van der Waals surface area contributed by atoms with Crippen molar-refractivity contribution in [1.29, 1.82) is 0 Å². The maximum atomic E-state index is 12.9. The Hall–Kier alpha value is -2.73. The molecule has 0 bridgehead atoms. The molecule has 1 amide bonds. The summed E-state index contributed by atoms with van der Waals surface area (Å²) in [6.07, 6.45) is 6.11. The van der Waals surface area contributed by atoms with Crippen LogP contribution in [-0.4, -0.2) is 52.3 Å². The summed E-state index contributed by atoms with van der Waals surface area (Å²) in [7, 11) is 0. The molecule has 0 aliphatic carbocycles. The first-order valence-corrected chi connectivity index (χ1v) is 8.90. The molecule has 0 spiro atoms. The second-order valence-corrected chi connectivity index (χ2v) is 6.94. The SMILES string of the molecule is Cc1cncc(C(=O)N2CCOC[C@@H](Cc3ccc4[nH]ncc4c3)C2)c1. The van der Waals surface area contributed by atoms with Gasteiger partial charge in [0.1, 0.15) is 0 Å². The zero-order valence-electron chi connectivity index (χ0n) is 14.8. The van der Waals surface area contributed by atoms with Crippen LogP contribution >= 0.6 is 0 Å². The number of nitrogens with zero attached hydrogens (tertiary/aromatic N) is 3. The van der Waals surface area contributed by atoms with E-state index in [-0.39, 0.29) is 11.8 Å². The van der Waals surface area contributed by atoms with E-state index >= 15 is 0 Å². The largest absolute Gasteiger partial charge is 0.379 e. The van der Waals surface area contributed by atoms with Crippen molar-refractivity contribution in [3.8, 4) is 0 Å². The zero-order chi connectivity index (χ0) is 17.9. The summed E-state index contributed by atoms with van der Waals surface area (Å²) in [5.74, 6) is 0.297. The van der Waals surface area contributed by atoms with Gasteiger partial charge in [-0.15, -0.1) is 0 Å². The van der Waals surface area contributed by atoms with Gasteiger partial charge in [0.05, 0.1) is 30.5 Å². The van der Waals surface area contributed by atoms with Crippen LogP contribution in [0.3, 0.4) is 0 Å². The minimum absolute atomic E-state index is 0.0296. The Morgan fingerprint density at radius 2 is 2.23 bits per heavy atom. The van der Waals surface area contributed by atoms with Gasteiger partial charge in [-0.3, -0.25) is 14.9 Å². The van der Waals surface area contributed by atoms with E-state index in [1.807, 2.05) is 24.1 Å². The quantitative estimate of drug-likeness (QED) is 0.788. The third-order valence-corrected chi connectivity index (χ3v) is 4.78. The number of aromatic amines is 1. The molecule has 3 aromatic rings. The molecule has 3 heterocycles. The Labute approximate surface area is 152 Å². The summed E-state index contributed by atoms with van der Waals surface area (Å²) < 4.78 is 5.76. The number of ether oxygens (including phenoxy) is 1. The Kier molecular flexibility index (Phi) is 4.67. The van der Waals surface area contributed by atoms with Gasteiger partial charge in [-0.25, -0.2) is 0 Å².